The lowest BCUT2D eigenvalue weighted by Gasteiger charge is -2.10. The van der Waals surface area contributed by atoms with Crippen molar-refractivity contribution in [2.24, 2.45) is 0 Å². The van der Waals surface area contributed by atoms with E-state index in [-0.39, 0.29) is 5.91 Å². The first-order chi connectivity index (χ1) is 12.8. The molecular weight excluding hydrogens is 330 g/mol. The number of methoxy groups -OCH3 is 1. The van der Waals surface area contributed by atoms with Crippen LogP contribution in [0.3, 0.4) is 0 Å². The minimum atomic E-state index is -0.260. The molecule has 0 unspecified atom stereocenters. The summed E-state index contributed by atoms with van der Waals surface area (Å²) < 4.78 is 5.32. The Hall–Kier alpha value is -3.48. The molecule has 3 aromatic rings. The topological polar surface area (TPSA) is 89.0 Å². The first-order valence-corrected chi connectivity index (χ1v) is 8.12. The highest BCUT2D eigenvalue weighted by molar-refractivity contribution is 5.92. The van der Waals surface area contributed by atoms with Gasteiger partial charge in [-0.15, -0.1) is 0 Å². The smallest absolute Gasteiger partial charge is 0.270 e. The summed E-state index contributed by atoms with van der Waals surface area (Å²) in [6, 6.07) is 13.0. The molecule has 0 atom stereocenters. The molecule has 2 N–H and O–H groups in total. The minimum Gasteiger partial charge on any atom is -0.496 e. The highest BCUT2D eigenvalue weighted by Gasteiger charge is 2.09. The Morgan fingerprint density at radius 1 is 1.04 bits per heavy atom. The molecule has 0 aliphatic heterocycles. The summed E-state index contributed by atoms with van der Waals surface area (Å²) in [5, 5.41) is 5.94. The quantitative estimate of drug-likeness (QED) is 0.681. The lowest BCUT2D eigenvalue weighted by Crippen LogP contribution is -2.24. The minimum absolute atomic E-state index is 0.260. The van der Waals surface area contributed by atoms with Gasteiger partial charge in [0.25, 0.3) is 5.91 Å². The molecule has 0 radical (unpaired) electrons. The number of para-hydroxylation sites is 1. The maximum Gasteiger partial charge on any atom is 0.270 e. The molecule has 0 saturated heterocycles. The number of nitrogens with zero attached hydrogens (tertiary/aromatic N) is 3. The Balaban J connectivity index is 1.61. The van der Waals surface area contributed by atoms with Gasteiger partial charge in [0.05, 0.1) is 7.11 Å². The number of rotatable bonds is 7. The third-order valence-corrected chi connectivity index (χ3v) is 3.72. The zero-order valence-electron chi connectivity index (χ0n) is 14.3. The van der Waals surface area contributed by atoms with E-state index < -0.39 is 0 Å². The number of pyridine rings is 1. The van der Waals surface area contributed by atoms with Gasteiger partial charge in [-0.3, -0.25) is 9.78 Å². The SMILES string of the molecule is COc1ccccc1CNc1nccc(C(=O)NCc2ccncc2)n1. The number of benzene rings is 1. The molecule has 0 fully saturated rings. The molecule has 0 saturated carbocycles. The van der Waals surface area contributed by atoms with Crippen molar-refractivity contribution in [3.8, 4) is 5.75 Å². The van der Waals surface area contributed by atoms with E-state index in [0.29, 0.717) is 24.7 Å². The van der Waals surface area contributed by atoms with Gasteiger partial charge in [0.15, 0.2) is 0 Å². The van der Waals surface area contributed by atoms with Gasteiger partial charge in [0, 0.05) is 37.2 Å². The Morgan fingerprint density at radius 3 is 2.65 bits per heavy atom. The molecule has 1 aromatic carbocycles. The molecule has 1 amide bonds. The number of amides is 1. The summed E-state index contributed by atoms with van der Waals surface area (Å²) in [4.78, 5) is 24.7. The zero-order chi connectivity index (χ0) is 18.2. The molecule has 7 heteroatoms. The van der Waals surface area contributed by atoms with Gasteiger partial charge in [-0.05, 0) is 29.8 Å². The molecule has 0 aliphatic carbocycles. The third kappa shape index (κ3) is 4.54. The number of nitrogens with one attached hydrogen (secondary N) is 2. The largest absolute Gasteiger partial charge is 0.496 e. The fourth-order valence-corrected chi connectivity index (χ4v) is 2.37. The van der Waals surface area contributed by atoms with Crippen LogP contribution in [0.15, 0.2) is 61.1 Å². The van der Waals surface area contributed by atoms with E-state index in [2.05, 4.69) is 25.6 Å². The second-order valence-electron chi connectivity index (χ2n) is 5.47. The van der Waals surface area contributed by atoms with Crippen LogP contribution in [-0.2, 0) is 13.1 Å². The van der Waals surface area contributed by atoms with Crippen LogP contribution in [-0.4, -0.2) is 28.0 Å². The predicted octanol–water partition coefficient (Wildman–Crippen LogP) is 2.42. The van der Waals surface area contributed by atoms with Gasteiger partial charge in [0.2, 0.25) is 5.95 Å². The van der Waals surface area contributed by atoms with Crippen molar-refractivity contribution < 1.29 is 9.53 Å². The van der Waals surface area contributed by atoms with E-state index >= 15 is 0 Å². The van der Waals surface area contributed by atoms with Crippen LogP contribution >= 0.6 is 0 Å². The van der Waals surface area contributed by atoms with E-state index in [0.717, 1.165) is 16.9 Å². The van der Waals surface area contributed by atoms with Gasteiger partial charge < -0.3 is 15.4 Å². The normalized spacial score (nSPS) is 10.2. The first kappa shape index (κ1) is 17.3. The van der Waals surface area contributed by atoms with Gasteiger partial charge in [-0.2, -0.15) is 0 Å². The number of carbonyl (C=O) groups is 1. The second kappa shape index (κ2) is 8.57. The van der Waals surface area contributed by atoms with Crippen molar-refractivity contribution in [2.45, 2.75) is 13.1 Å². The summed E-state index contributed by atoms with van der Waals surface area (Å²) in [6.45, 7) is 0.904. The van der Waals surface area contributed by atoms with Crippen molar-refractivity contribution in [1.29, 1.82) is 0 Å². The van der Waals surface area contributed by atoms with Crippen LogP contribution in [0.4, 0.5) is 5.95 Å². The predicted molar refractivity (Wildman–Crippen MR) is 97.8 cm³/mol. The second-order valence-corrected chi connectivity index (χ2v) is 5.47. The van der Waals surface area contributed by atoms with Gasteiger partial charge in [-0.25, -0.2) is 9.97 Å². The molecule has 132 valence electrons. The number of hydrogen-bond donors (Lipinski definition) is 2. The summed E-state index contributed by atoms with van der Waals surface area (Å²) in [7, 11) is 1.63. The average Bonchev–Trinajstić information content (AvgIpc) is 2.71. The standard InChI is InChI=1S/C19H19N5O2/c1-26-17-5-3-2-4-15(17)13-23-19-21-11-8-16(24-19)18(25)22-12-14-6-9-20-10-7-14/h2-11H,12-13H2,1H3,(H,22,25)(H,21,23,24). The van der Waals surface area contributed by atoms with E-state index in [1.807, 2.05) is 36.4 Å². The summed E-state index contributed by atoms with van der Waals surface area (Å²) in [5.41, 5.74) is 2.25. The highest BCUT2D eigenvalue weighted by atomic mass is 16.5. The maximum absolute atomic E-state index is 12.3. The highest BCUT2D eigenvalue weighted by Crippen LogP contribution is 2.18. The van der Waals surface area contributed by atoms with Crippen LogP contribution in [0.5, 0.6) is 5.75 Å². The average molecular weight is 349 g/mol. The molecule has 0 aliphatic rings. The molecule has 2 aromatic heterocycles. The fraction of sp³-hybridized carbons (Fsp3) is 0.158. The Bertz CT molecular complexity index is 871. The van der Waals surface area contributed by atoms with Crippen LogP contribution in [0.1, 0.15) is 21.6 Å². The molecular formula is C19H19N5O2. The molecule has 0 spiro atoms. The monoisotopic (exact) mass is 349 g/mol. The Kier molecular flexibility index (Phi) is 5.72. The molecule has 3 rings (SSSR count). The van der Waals surface area contributed by atoms with Gasteiger partial charge in [0.1, 0.15) is 11.4 Å². The van der Waals surface area contributed by atoms with E-state index in [1.165, 1.54) is 0 Å². The summed E-state index contributed by atoms with van der Waals surface area (Å²) >= 11 is 0. The van der Waals surface area contributed by atoms with E-state index in [9.17, 15) is 4.79 Å². The number of anilines is 1. The molecule has 26 heavy (non-hydrogen) atoms. The lowest BCUT2D eigenvalue weighted by molar-refractivity contribution is 0.0946. The van der Waals surface area contributed by atoms with Crippen molar-refractivity contribution in [3.63, 3.8) is 0 Å². The summed E-state index contributed by atoms with van der Waals surface area (Å²) in [5.74, 6) is 0.906. The summed E-state index contributed by atoms with van der Waals surface area (Å²) in [6.07, 6.45) is 4.93. The third-order valence-electron chi connectivity index (χ3n) is 3.72. The van der Waals surface area contributed by atoms with Crippen molar-refractivity contribution in [2.75, 3.05) is 12.4 Å². The van der Waals surface area contributed by atoms with Crippen LogP contribution in [0.25, 0.3) is 0 Å². The number of carbonyl (C=O) groups excluding carboxylic acids is 1. The van der Waals surface area contributed by atoms with Gasteiger partial charge >= 0.3 is 0 Å². The maximum atomic E-state index is 12.3. The first-order valence-electron chi connectivity index (χ1n) is 8.12. The molecule has 2 heterocycles. The number of aromatic nitrogens is 3. The number of hydrogen-bond acceptors (Lipinski definition) is 6. The molecule has 7 nitrogen and oxygen atoms in total. The van der Waals surface area contributed by atoms with Gasteiger partial charge in [-0.1, -0.05) is 18.2 Å². The van der Waals surface area contributed by atoms with Crippen molar-refractivity contribution in [1.82, 2.24) is 20.3 Å². The number of ether oxygens (including phenoxy) is 1. The lowest BCUT2D eigenvalue weighted by atomic mass is 10.2. The Labute approximate surface area is 151 Å². The Morgan fingerprint density at radius 2 is 1.85 bits per heavy atom. The van der Waals surface area contributed by atoms with E-state index in [1.54, 1.807) is 31.8 Å². The van der Waals surface area contributed by atoms with Crippen molar-refractivity contribution >= 4 is 11.9 Å². The van der Waals surface area contributed by atoms with Crippen LogP contribution in [0, 0.1) is 0 Å². The fourth-order valence-electron chi connectivity index (χ4n) is 2.37. The van der Waals surface area contributed by atoms with Crippen LogP contribution in [0.2, 0.25) is 0 Å². The van der Waals surface area contributed by atoms with Crippen LogP contribution < -0.4 is 15.4 Å². The zero-order valence-corrected chi connectivity index (χ0v) is 14.3. The van der Waals surface area contributed by atoms with Crippen molar-refractivity contribution in [3.05, 3.63) is 77.9 Å². The van der Waals surface area contributed by atoms with E-state index in [4.69, 9.17) is 4.74 Å². The molecule has 0 bridgehead atoms.